The van der Waals surface area contributed by atoms with Gasteiger partial charge in [0, 0.05) is 5.03 Å². The Morgan fingerprint density at radius 1 is 1.29 bits per heavy atom. The maximum Gasteiger partial charge on any atom is 0.246 e. The summed E-state index contributed by atoms with van der Waals surface area (Å²) >= 11 is 5.91. The van der Waals surface area contributed by atoms with Crippen molar-refractivity contribution in [2.24, 2.45) is 27.1 Å². The first-order chi connectivity index (χ1) is 8.18. The van der Waals surface area contributed by atoms with Gasteiger partial charge in [0.05, 0.1) is 11.8 Å². The standard InChI is InChI=1S/C10H9ClN4O2/c11-5-1-2-6-7(3-5)9(17)15(8(6)16)10-12-4-13-14-10/h1,4,6-7,10H,2-3H2/t6-,7-,10+/m0/s1. The van der Waals surface area contributed by atoms with Crippen LogP contribution in [0.4, 0.5) is 0 Å². The minimum absolute atomic E-state index is 0.219. The van der Waals surface area contributed by atoms with Gasteiger partial charge in [-0.1, -0.05) is 17.7 Å². The van der Waals surface area contributed by atoms with Gasteiger partial charge in [0.25, 0.3) is 0 Å². The van der Waals surface area contributed by atoms with Crippen LogP contribution in [0, 0.1) is 11.8 Å². The van der Waals surface area contributed by atoms with Gasteiger partial charge in [0.1, 0.15) is 6.34 Å². The van der Waals surface area contributed by atoms with Crippen molar-refractivity contribution in [2.45, 2.75) is 19.1 Å². The largest absolute Gasteiger partial charge is 0.274 e. The van der Waals surface area contributed by atoms with Gasteiger partial charge in [0.15, 0.2) is 0 Å². The summed E-state index contributed by atoms with van der Waals surface area (Å²) in [7, 11) is 0. The molecule has 0 radical (unpaired) electrons. The second-order valence-electron chi connectivity index (χ2n) is 4.19. The molecule has 2 heterocycles. The third-order valence-corrected chi connectivity index (χ3v) is 3.56. The molecular formula is C10H9ClN4O2. The van der Waals surface area contributed by atoms with E-state index in [0.717, 1.165) is 4.90 Å². The fraction of sp³-hybridized carbons (Fsp3) is 0.500. The molecule has 3 aliphatic rings. The number of hydrogen-bond donors (Lipinski definition) is 0. The van der Waals surface area contributed by atoms with Crippen LogP contribution in [0.5, 0.6) is 0 Å². The number of rotatable bonds is 1. The lowest BCUT2D eigenvalue weighted by molar-refractivity contribution is -0.142. The first-order valence-electron chi connectivity index (χ1n) is 5.31. The normalized spacial score (nSPS) is 35.5. The molecule has 0 aromatic carbocycles. The van der Waals surface area contributed by atoms with E-state index in [0.29, 0.717) is 17.9 Å². The predicted molar refractivity (Wildman–Crippen MR) is 59.1 cm³/mol. The minimum Gasteiger partial charge on any atom is -0.274 e. The van der Waals surface area contributed by atoms with Crippen molar-refractivity contribution in [1.82, 2.24) is 4.90 Å². The molecule has 1 fully saturated rings. The number of aliphatic imine (C=N–C) groups is 1. The van der Waals surface area contributed by atoms with E-state index in [4.69, 9.17) is 11.6 Å². The van der Waals surface area contributed by atoms with Gasteiger partial charge < -0.3 is 0 Å². The Bertz CT molecular complexity index is 473. The van der Waals surface area contributed by atoms with E-state index in [1.807, 2.05) is 0 Å². The van der Waals surface area contributed by atoms with Crippen molar-refractivity contribution in [2.75, 3.05) is 0 Å². The Balaban J connectivity index is 1.90. The molecule has 3 rings (SSSR count). The van der Waals surface area contributed by atoms with E-state index in [1.54, 1.807) is 6.08 Å². The second kappa shape index (κ2) is 3.73. The third-order valence-electron chi connectivity index (χ3n) is 3.26. The zero-order chi connectivity index (χ0) is 12.0. The number of fused-ring (bicyclic) bond motifs is 1. The lowest BCUT2D eigenvalue weighted by Crippen LogP contribution is -2.37. The van der Waals surface area contributed by atoms with Crippen molar-refractivity contribution < 1.29 is 9.59 Å². The lowest BCUT2D eigenvalue weighted by Gasteiger charge is -2.17. The van der Waals surface area contributed by atoms with Crippen molar-refractivity contribution in [3.63, 3.8) is 0 Å². The summed E-state index contributed by atoms with van der Waals surface area (Å²) < 4.78 is 0. The maximum absolute atomic E-state index is 12.1. The van der Waals surface area contributed by atoms with Gasteiger partial charge in [-0.25, -0.2) is 9.89 Å². The molecule has 17 heavy (non-hydrogen) atoms. The molecule has 88 valence electrons. The van der Waals surface area contributed by atoms with Crippen molar-refractivity contribution in [3.05, 3.63) is 11.1 Å². The third kappa shape index (κ3) is 1.51. The summed E-state index contributed by atoms with van der Waals surface area (Å²) in [6.45, 7) is 0. The number of amides is 2. The van der Waals surface area contributed by atoms with Gasteiger partial charge >= 0.3 is 0 Å². The average molecular weight is 253 g/mol. The first kappa shape index (κ1) is 10.6. The number of hydrogen-bond acceptors (Lipinski definition) is 5. The average Bonchev–Trinajstić information content (AvgIpc) is 2.88. The lowest BCUT2D eigenvalue weighted by atomic mass is 9.85. The molecule has 0 saturated carbocycles. The van der Waals surface area contributed by atoms with Crippen molar-refractivity contribution >= 4 is 29.8 Å². The van der Waals surface area contributed by atoms with Gasteiger partial charge in [-0.2, -0.15) is 0 Å². The summed E-state index contributed by atoms with van der Waals surface area (Å²) in [5.74, 6) is -1.13. The van der Waals surface area contributed by atoms with E-state index >= 15 is 0 Å². The molecule has 0 N–H and O–H groups in total. The molecule has 7 heteroatoms. The molecule has 1 saturated heterocycles. The van der Waals surface area contributed by atoms with Crippen LogP contribution in [-0.2, 0) is 9.59 Å². The Labute approximate surface area is 102 Å². The van der Waals surface area contributed by atoms with E-state index < -0.39 is 6.29 Å². The SMILES string of the molecule is O=C1[C@H]2CC=C(Cl)C[C@@H]2C(=O)N1[C@@H]1N=CN=N1. The van der Waals surface area contributed by atoms with Crippen LogP contribution in [0.15, 0.2) is 26.3 Å². The number of halogens is 1. The Morgan fingerprint density at radius 2 is 2.06 bits per heavy atom. The zero-order valence-electron chi connectivity index (χ0n) is 8.78. The highest BCUT2D eigenvalue weighted by molar-refractivity contribution is 6.30. The predicted octanol–water partition coefficient (Wildman–Crippen LogP) is 1.28. The first-order valence-corrected chi connectivity index (χ1v) is 5.69. The molecule has 1 aliphatic carbocycles. The van der Waals surface area contributed by atoms with Crippen LogP contribution in [0.2, 0.25) is 0 Å². The molecule has 2 aliphatic heterocycles. The molecule has 0 aromatic rings. The Kier molecular flexibility index (Phi) is 2.32. The van der Waals surface area contributed by atoms with Crippen LogP contribution in [0.3, 0.4) is 0 Å². The number of likely N-dealkylation sites (tertiary alicyclic amines) is 1. The highest BCUT2D eigenvalue weighted by Gasteiger charge is 2.51. The van der Waals surface area contributed by atoms with Gasteiger partial charge in [-0.15, -0.1) is 10.2 Å². The monoisotopic (exact) mass is 252 g/mol. The maximum atomic E-state index is 12.1. The Morgan fingerprint density at radius 3 is 2.76 bits per heavy atom. The van der Waals surface area contributed by atoms with Gasteiger partial charge in [-0.05, 0) is 12.8 Å². The van der Waals surface area contributed by atoms with Crippen molar-refractivity contribution in [1.29, 1.82) is 0 Å². The topological polar surface area (TPSA) is 74.5 Å². The quantitative estimate of drug-likeness (QED) is 0.660. The van der Waals surface area contributed by atoms with E-state index in [2.05, 4.69) is 15.2 Å². The van der Waals surface area contributed by atoms with E-state index in [-0.39, 0.29) is 23.7 Å². The van der Waals surface area contributed by atoms with Crippen LogP contribution in [0.25, 0.3) is 0 Å². The van der Waals surface area contributed by atoms with Crippen LogP contribution < -0.4 is 0 Å². The molecule has 3 atom stereocenters. The summed E-state index contributed by atoms with van der Waals surface area (Å²) in [6, 6.07) is 0. The zero-order valence-corrected chi connectivity index (χ0v) is 9.54. The fourth-order valence-corrected chi connectivity index (χ4v) is 2.66. The van der Waals surface area contributed by atoms with Crippen LogP contribution >= 0.6 is 11.6 Å². The molecular weight excluding hydrogens is 244 g/mol. The molecule has 0 spiro atoms. The highest BCUT2D eigenvalue weighted by Crippen LogP contribution is 2.40. The van der Waals surface area contributed by atoms with Crippen molar-refractivity contribution in [3.8, 4) is 0 Å². The molecule has 0 aromatic heterocycles. The molecule has 6 nitrogen and oxygen atoms in total. The number of carbonyl (C=O) groups excluding carboxylic acids is 2. The number of carbonyl (C=O) groups is 2. The number of nitrogens with zero attached hydrogens (tertiary/aromatic N) is 4. The second-order valence-corrected chi connectivity index (χ2v) is 4.68. The summed E-state index contributed by atoms with van der Waals surface area (Å²) in [4.78, 5) is 29.2. The fourth-order valence-electron chi connectivity index (χ4n) is 2.41. The number of imide groups is 1. The van der Waals surface area contributed by atoms with E-state index in [9.17, 15) is 9.59 Å². The smallest absolute Gasteiger partial charge is 0.246 e. The molecule has 2 amide bonds. The van der Waals surface area contributed by atoms with Gasteiger partial charge in [-0.3, -0.25) is 9.59 Å². The highest BCUT2D eigenvalue weighted by atomic mass is 35.5. The Hall–Kier alpha value is -1.56. The molecule has 0 bridgehead atoms. The van der Waals surface area contributed by atoms with Crippen LogP contribution in [-0.4, -0.2) is 29.3 Å². The summed E-state index contributed by atoms with van der Waals surface area (Å²) in [6.07, 6.45) is 3.19. The molecule has 0 unspecified atom stereocenters. The summed E-state index contributed by atoms with van der Waals surface area (Å²) in [5.41, 5.74) is 0. The van der Waals surface area contributed by atoms with Gasteiger partial charge in [0.2, 0.25) is 18.1 Å². The number of azo groups is 1. The van der Waals surface area contributed by atoms with Crippen LogP contribution in [0.1, 0.15) is 12.8 Å². The minimum atomic E-state index is -0.806. The summed E-state index contributed by atoms with van der Waals surface area (Å²) in [5, 5.41) is 7.94. The van der Waals surface area contributed by atoms with E-state index in [1.165, 1.54) is 6.34 Å². The number of allylic oxidation sites excluding steroid dienone is 2.